The first kappa shape index (κ1) is 12.2. The Morgan fingerprint density at radius 3 is 2.82 bits per heavy atom. The van der Waals surface area contributed by atoms with E-state index in [1.165, 1.54) is 0 Å². The molecule has 1 amide bonds. The monoisotopic (exact) mass is 236 g/mol. The summed E-state index contributed by atoms with van der Waals surface area (Å²) < 4.78 is 5.22. The van der Waals surface area contributed by atoms with Crippen molar-refractivity contribution in [2.24, 2.45) is 11.1 Å². The fraction of sp³-hybridized carbons (Fsp3) is 0.615. The minimum absolute atomic E-state index is 0.115. The minimum Gasteiger partial charge on any atom is -0.469 e. The van der Waals surface area contributed by atoms with Crippen molar-refractivity contribution in [2.75, 3.05) is 13.1 Å². The highest BCUT2D eigenvalue weighted by atomic mass is 16.3. The maximum Gasteiger partial charge on any atom is 0.227 e. The zero-order valence-electron chi connectivity index (χ0n) is 10.1. The van der Waals surface area contributed by atoms with E-state index in [1.54, 1.807) is 6.26 Å². The van der Waals surface area contributed by atoms with Crippen LogP contribution < -0.4 is 11.1 Å². The lowest BCUT2D eigenvalue weighted by molar-refractivity contribution is -0.130. The number of nitrogens with one attached hydrogen (secondary N) is 1. The molecule has 1 saturated carbocycles. The van der Waals surface area contributed by atoms with Gasteiger partial charge in [0.2, 0.25) is 5.91 Å². The Morgan fingerprint density at radius 2 is 2.24 bits per heavy atom. The summed E-state index contributed by atoms with van der Waals surface area (Å²) in [5.74, 6) is 1.02. The van der Waals surface area contributed by atoms with Crippen LogP contribution in [0.25, 0.3) is 0 Å². The molecular weight excluding hydrogens is 216 g/mol. The molecule has 1 aromatic heterocycles. The van der Waals surface area contributed by atoms with Crippen molar-refractivity contribution in [3.05, 3.63) is 24.2 Å². The predicted octanol–water partition coefficient (Wildman–Crippen LogP) is 1.46. The van der Waals surface area contributed by atoms with Crippen LogP contribution in [0, 0.1) is 5.41 Å². The van der Waals surface area contributed by atoms with Crippen LogP contribution in [-0.2, 0) is 11.2 Å². The molecule has 0 radical (unpaired) electrons. The summed E-state index contributed by atoms with van der Waals surface area (Å²) in [4.78, 5) is 12.1. The van der Waals surface area contributed by atoms with Crippen LogP contribution in [0.1, 0.15) is 31.4 Å². The predicted molar refractivity (Wildman–Crippen MR) is 65.4 cm³/mol. The van der Waals surface area contributed by atoms with E-state index in [0.717, 1.165) is 37.9 Å². The average Bonchev–Trinajstić information content (AvgIpc) is 3.00. The summed E-state index contributed by atoms with van der Waals surface area (Å²) in [5.41, 5.74) is 5.45. The largest absolute Gasteiger partial charge is 0.469 e. The van der Waals surface area contributed by atoms with Gasteiger partial charge in [-0.15, -0.1) is 0 Å². The molecular formula is C13H20N2O2. The summed E-state index contributed by atoms with van der Waals surface area (Å²) in [6.07, 6.45) is 6.46. The van der Waals surface area contributed by atoms with Gasteiger partial charge in [0, 0.05) is 19.5 Å². The minimum atomic E-state index is -0.302. The Labute approximate surface area is 102 Å². The van der Waals surface area contributed by atoms with E-state index >= 15 is 0 Å². The van der Waals surface area contributed by atoms with Gasteiger partial charge in [0.25, 0.3) is 0 Å². The number of hydrogen-bond acceptors (Lipinski definition) is 3. The molecule has 1 aromatic rings. The molecule has 1 fully saturated rings. The van der Waals surface area contributed by atoms with Crippen LogP contribution in [0.2, 0.25) is 0 Å². The second kappa shape index (κ2) is 5.36. The summed E-state index contributed by atoms with van der Waals surface area (Å²) >= 11 is 0. The lowest BCUT2D eigenvalue weighted by Gasteiger charge is -2.25. The van der Waals surface area contributed by atoms with Crippen molar-refractivity contribution in [1.29, 1.82) is 0 Å². The Kier molecular flexibility index (Phi) is 3.84. The van der Waals surface area contributed by atoms with Crippen LogP contribution >= 0.6 is 0 Å². The molecule has 2 rings (SSSR count). The SMILES string of the molecule is NCC1(C(=O)NCCc2ccco2)CCCC1. The normalized spacial score (nSPS) is 18.2. The van der Waals surface area contributed by atoms with Crippen molar-refractivity contribution in [2.45, 2.75) is 32.1 Å². The van der Waals surface area contributed by atoms with Gasteiger partial charge < -0.3 is 15.5 Å². The zero-order valence-corrected chi connectivity index (χ0v) is 10.1. The van der Waals surface area contributed by atoms with Crippen LogP contribution in [-0.4, -0.2) is 19.0 Å². The maximum atomic E-state index is 12.1. The molecule has 94 valence electrons. The molecule has 0 saturated heterocycles. The standard InChI is InChI=1S/C13H20N2O2/c14-10-13(6-1-2-7-13)12(16)15-8-5-11-4-3-9-17-11/h3-4,9H,1-2,5-8,10,14H2,(H,15,16). The second-order valence-electron chi connectivity index (χ2n) is 4.78. The third-order valence-corrected chi connectivity index (χ3v) is 3.67. The molecule has 1 heterocycles. The van der Waals surface area contributed by atoms with Crippen LogP contribution in [0.3, 0.4) is 0 Å². The quantitative estimate of drug-likeness (QED) is 0.813. The second-order valence-corrected chi connectivity index (χ2v) is 4.78. The summed E-state index contributed by atoms with van der Waals surface area (Å²) in [7, 11) is 0. The molecule has 0 bridgehead atoms. The fourth-order valence-corrected chi connectivity index (χ4v) is 2.52. The van der Waals surface area contributed by atoms with Gasteiger partial charge in [0.05, 0.1) is 11.7 Å². The Hall–Kier alpha value is -1.29. The molecule has 4 nitrogen and oxygen atoms in total. The number of amides is 1. The van der Waals surface area contributed by atoms with Crippen molar-refractivity contribution in [3.63, 3.8) is 0 Å². The Bertz CT molecular complexity index is 354. The molecule has 0 aliphatic heterocycles. The van der Waals surface area contributed by atoms with Gasteiger partial charge in [-0.05, 0) is 25.0 Å². The highest BCUT2D eigenvalue weighted by Gasteiger charge is 2.39. The number of nitrogens with two attached hydrogens (primary N) is 1. The molecule has 0 spiro atoms. The fourth-order valence-electron chi connectivity index (χ4n) is 2.52. The number of hydrogen-bond donors (Lipinski definition) is 2. The molecule has 3 N–H and O–H groups in total. The summed E-state index contributed by atoms with van der Waals surface area (Å²) in [5, 5.41) is 2.98. The van der Waals surface area contributed by atoms with Crippen LogP contribution in [0.5, 0.6) is 0 Å². The molecule has 1 aliphatic carbocycles. The maximum absolute atomic E-state index is 12.1. The Balaban J connectivity index is 1.80. The number of carbonyl (C=O) groups is 1. The first-order chi connectivity index (χ1) is 8.27. The Morgan fingerprint density at radius 1 is 1.47 bits per heavy atom. The van der Waals surface area contributed by atoms with Gasteiger partial charge in [-0.2, -0.15) is 0 Å². The van der Waals surface area contributed by atoms with Gasteiger partial charge in [0.15, 0.2) is 0 Å². The third kappa shape index (κ3) is 2.69. The third-order valence-electron chi connectivity index (χ3n) is 3.67. The van der Waals surface area contributed by atoms with Crippen molar-refractivity contribution in [3.8, 4) is 0 Å². The van der Waals surface area contributed by atoms with E-state index in [9.17, 15) is 4.79 Å². The van der Waals surface area contributed by atoms with Gasteiger partial charge in [-0.25, -0.2) is 0 Å². The summed E-state index contributed by atoms with van der Waals surface area (Å²) in [6.45, 7) is 1.08. The van der Waals surface area contributed by atoms with Crippen molar-refractivity contribution in [1.82, 2.24) is 5.32 Å². The van der Waals surface area contributed by atoms with Gasteiger partial charge in [-0.1, -0.05) is 12.8 Å². The van der Waals surface area contributed by atoms with E-state index in [4.69, 9.17) is 10.2 Å². The number of rotatable bonds is 5. The van der Waals surface area contributed by atoms with E-state index in [0.29, 0.717) is 13.1 Å². The molecule has 0 unspecified atom stereocenters. The highest BCUT2D eigenvalue weighted by Crippen LogP contribution is 2.37. The van der Waals surface area contributed by atoms with Gasteiger partial charge >= 0.3 is 0 Å². The van der Waals surface area contributed by atoms with Gasteiger partial charge in [-0.3, -0.25) is 4.79 Å². The smallest absolute Gasteiger partial charge is 0.227 e. The average molecular weight is 236 g/mol. The molecule has 17 heavy (non-hydrogen) atoms. The van der Waals surface area contributed by atoms with Crippen molar-refractivity contribution >= 4 is 5.91 Å². The van der Waals surface area contributed by atoms with E-state index in [1.807, 2.05) is 12.1 Å². The zero-order chi connectivity index (χ0) is 12.1. The molecule has 1 aliphatic rings. The highest BCUT2D eigenvalue weighted by molar-refractivity contribution is 5.83. The first-order valence-electron chi connectivity index (χ1n) is 6.28. The number of carbonyl (C=O) groups excluding carboxylic acids is 1. The van der Waals surface area contributed by atoms with E-state index in [2.05, 4.69) is 5.32 Å². The van der Waals surface area contributed by atoms with E-state index in [-0.39, 0.29) is 11.3 Å². The van der Waals surface area contributed by atoms with Crippen LogP contribution in [0.15, 0.2) is 22.8 Å². The molecule has 0 atom stereocenters. The lowest BCUT2D eigenvalue weighted by Crippen LogP contribution is -2.44. The first-order valence-corrected chi connectivity index (χ1v) is 6.28. The van der Waals surface area contributed by atoms with Crippen LogP contribution in [0.4, 0.5) is 0 Å². The topological polar surface area (TPSA) is 68.3 Å². The number of furan rings is 1. The van der Waals surface area contributed by atoms with Crippen molar-refractivity contribution < 1.29 is 9.21 Å². The summed E-state index contributed by atoms with van der Waals surface area (Å²) in [6, 6.07) is 3.77. The van der Waals surface area contributed by atoms with Gasteiger partial charge in [0.1, 0.15) is 5.76 Å². The van der Waals surface area contributed by atoms with E-state index < -0.39 is 0 Å². The molecule has 0 aromatic carbocycles. The lowest BCUT2D eigenvalue weighted by atomic mass is 9.85. The molecule has 4 heteroatoms.